The van der Waals surface area contributed by atoms with Gasteiger partial charge in [0.2, 0.25) is 5.91 Å². The zero-order chi connectivity index (χ0) is 13.2. The fraction of sp³-hybridized carbons (Fsp3) is 0.333. The monoisotopic (exact) mass is 255 g/mol. The molecule has 1 aliphatic rings. The molecule has 1 aliphatic heterocycles. The van der Waals surface area contributed by atoms with Crippen LogP contribution in [0.2, 0.25) is 0 Å². The van der Waals surface area contributed by atoms with Crippen LogP contribution in [-0.4, -0.2) is 23.5 Å². The number of nitrogens with zero attached hydrogens (tertiary/aromatic N) is 1. The summed E-state index contributed by atoms with van der Waals surface area (Å²) in [5, 5.41) is 7.45. The van der Waals surface area contributed by atoms with Crippen molar-refractivity contribution in [2.24, 2.45) is 0 Å². The molecule has 1 saturated heterocycles. The van der Waals surface area contributed by atoms with Crippen LogP contribution in [0.1, 0.15) is 18.4 Å². The van der Waals surface area contributed by atoms with Gasteiger partial charge in [0.15, 0.2) is 0 Å². The Balaban J connectivity index is 1.77. The van der Waals surface area contributed by atoms with Gasteiger partial charge >= 0.3 is 0 Å². The van der Waals surface area contributed by atoms with E-state index >= 15 is 0 Å². The predicted molar refractivity (Wildman–Crippen MR) is 76.1 cm³/mol. The number of rotatable bonds is 3. The second kappa shape index (κ2) is 4.88. The Morgan fingerprint density at radius 2 is 2.26 bits per heavy atom. The summed E-state index contributed by atoms with van der Waals surface area (Å²) in [4.78, 5) is 15.8. The van der Waals surface area contributed by atoms with E-state index in [2.05, 4.69) is 34.7 Å². The van der Waals surface area contributed by atoms with Crippen molar-refractivity contribution in [1.82, 2.24) is 10.3 Å². The maximum Gasteiger partial charge on any atom is 0.220 e. The summed E-state index contributed by atoms with van der Waals surface area (Å²) in [6, 6.07) is 10.4. The molecule has 3 rings (SSSR count). The van der Waals surface area contributed by atoms with E-state index in [1.807, 2.05) is 18.2 Å². The average molecular weight is 255 g/mol. The average Bonchev–Trinajstić information content (AvgIpc) is 2.82. The summed E-state index contributed by atoms with van der Waals surface area (Å²) in [6.45, 7) is 2.78. The minimum absolute atomic E-state index is 0.148. The van der Waals surface area contributed by atoms with Gasteiger partial charge in [-0.15, -0.1) is 0 Å². The van der Waals surface area contributed by atoms with Crippen LogP contribution in [0.25, 0.3) is 10.9 Å². The van der Waals surface area contributed by atoms with Gasteiger partial charge in [-0.05, 0) is 31.0 Å². The van der Waals surface area contributed by atoms with E-state index in [9.17, 15) is 4.79 Å². The minimum atomic E-state index is 0.148. The van der Waals surface area contributed by atoms with E-state index in [1.165, 1.54) is 0 Å². The summed E-state index contributed by atoms with van der Waals surface area (Å²) >= 11 is 0. The largest absolute Gasteiger partial charge is 0.368 e. The Kier molecular flexibility index (Phi) is 3.07. The summed E-state index contributed by atoms with van der Waals surface area (Å²) in [6.07, 6.45) is 1.54. The summed E-state index contributed by atoms with van der Waals surface area (Å²) < 4.78 is 0. The van der Waals surface area contributed by atoms with Crippen LogP contribution in [0.5, 0.6) is 0 Å². The molecule has 4 nitrogen and oxygen atoms in total. The molecule has 0 bridgehead atoms. The van der Waals surface area contributed by atoms with Crippen molar-refractivity contribution in [3.63, 3.8) is 0 Å². The molecule has 1 atom stereocenters. The highest BCUT2D eigenvalue weighted by Crippen LogP contribution is 2.19. The number of carbonyl (C=O) groups excluding carboxylic acids is 1. The molecular formula is C15H17N3O. The molecule has 0 aliphatic carbocycles. The second-order valence-electron chi connectivity index (χ2n) is 5.03. The number of anilines is 1. The second-order valence-corrected chi connectivity index (χ2v) is 5.03. The lowest BCUT2D eigenvalue weighted by Crippen LogP contribution is -2.32. The number of hydrogen-bond acceptors (Lipinski definition) is 3. The van der Waals surface area contributed by atoms with Crippen LogP contribution in [-0.2, 0) is 4.79 Å². The Bertz CT molecular complexity index is 624. The molecule has 2 heterocycles. The third kappa shape index (κ3) is 2.52. The number of nitrogens with one attached hydrogen (secondary N) is 2. The van der Waals surface area contributed by atoms with Crippen LogP contribution in [0.4, 0.5) is 5.82 Å². The van der Waals surface area contributed by atoms with Gasteiger partial charge in [-0.2, -0.15) is 0 Å². The zero-order valence-corrected chi connectivity index (χ0v) is 10.9. The van der Waals surface area contributed by atoms with E-state index in [1.54, 1.807) is 0 Å². The molecule has 2 N–H and O–H groups in total. The van der Waals surface area contributed by atoms with E-state index in [0.717, 1.165) is 35.2 Å². The zero-order valence-electron chi connectivity index (χ0n) is 10.9. The van der Waals surface area contributed by atoms with Crippen LogP contribution in [0.3, 0.4) is 0 Å². The SMILES string of the molecule is Cc1cc2ccccc2nc1NCC1CCC(=O)N1. The number of carbonyl (C=O) groups is 1. The summed E-state index contributed by atoms with van der Waals surface area (Å²) in [5.41, 5.74) is 2.12. The molecule has 2 aromatic rings. The fourth-order valence-corrected chi connectivity index (χ4v) is 2.45. The van der Waals surface area contributed by atoms with E-state index < -0.39 is 0 Å². The van der Waals surface area contributed by atoms with Crippen molar-refractivity contribution in [3.05, 3.63) is 35.9 Å². The Morgan fingerprint density at radius 1 is 1.42 bits per heavy atom. The van der Waals surface area contributed by atoms with Gasteiger partial charge in [-0.3, -0.25) is 4.79 Å². The lowest BCUT2D eigenvalue weighted by Gasteiger charge is -2.14. The quantitative estimate of drug-likeness (QED) is 0.884. The Morgan fingerprint density at radius 3 is 3.05 bits per heavy atom. The summed E-state index contributed by atoms with van der Waals surface area (Å²) in [7, 11) is 0. The van der Waals surface area contributed by atoms with Gasteiger partial charge in [0, 0.05) is 24.4 Å². The number of aryl methyl sites for hydroxylation is 1. The number of pyridine rings is 1. The molecule has 0 spiro atoms. The molecule has 19 heavy (non-hydrogen) atoms. The van der Waals surface area contributed by atoms with Crippen LogP contribution < -0.4 is 10.6 Å². The first-order valence-electron chi connectivity index (χ1n) is 6.62. The molecule has 1 amide bonds. The van der Waals surface area contributed by atoms with Crippen molar-refractivity contribution in [1.29, 1.82) is 0 Å². The third-order valence-corrected chi connectivity index (χ3v) is 3.52. The number of amides is 1. The highest BCUT2D eigenvalue weighted by atomic mass is 16.1. The fourth-order valence-electron chi connectivity index (χ4n) is 2.45. The van der Waals surface area contributed by atoms with Crippen molar-refractivity contribution in [2.45, 2.75) is 25.8 Å². The molecule has 98 valence electrons. The molecule has 1 aromatic carbocycles. The van der Waals surface area contributed by atoms with Crippen molar-refractivity contribution in [3.8, 4) is 0 Å². The van der Waals surface area contributed by atoms with Gasteiger partial charge in [-0.25, -0.2) is 4.98 Å². The molecule has 1 aromatic heterocycles. The first-order chi connectivity index (χ1) is 9.22. The van der Waals surface area contributed by atoms with E-state index in [0.29, 0.717) is 6.42 Å². The number of benzene rings is 1. The van der Waals surface area contributed by atoms with Crippen LogP contribution in [0.15, 0.2) is 30.3 Å². The van der Waals surface area contributed by atoms with Gasteiger partial charge in [0.25, 0.3) is 0 Å². The Hall–Kier alpha value is -2.10. The van der Waals surface area contributed by atoms with Gasteiger partial charge < -0.3 is 10.6 Å². The van der Waals surface area contributed by atoms with Crippen molar-refractivity contribution >= 4 is 22.6 Å². The molecule has 0 saturated carbocycles. The van der Waals surface area contributed by atoms with Crippen molar-refractivity contribution in [2.75, 3.05) is 11.9 Å². The number of fused-ring (bicyclic) bond motifs is 1. The molecular weight excluding hydrogens is 238 g/mol. The Labute approximate surface area is 112 Å². The van der Waals surface area contributed by atoms with E-state index in [4.69, 9.17) is 0 Å². The molecule has 4 heteroatoms. The first kappa shape index (κ1) is 12.0. The van der Waals surface area contributed by atoms with Crippen LogP contribution >= 0.6 is 0 Å². The maximum absolute atomic E-state index is 11.2. The first-order valence-corrected chi connectivity index (χ1v) is 6.62. The van der Waals surface area contributed by atoms with E-state index in [-0.39, 0.29) is 11.9 Å². The topological polar surface area (TPSA) is 54.0 Å². The summed E-state index contributed by atoms with van der Waals surface area (Å²) in [5.74, 6) is 1.05. The number of hydrogen-bond donors (Lipinski definition) is 2. The number of para-hydroxylation sites is 1. The molecule has 1 unspecified atom stereocenters. The lowest BCUT2D eigenvalue weighted by atomic mass is 10.1. The normalized spacial score (nSPS) is 18.6. The smallest absolute Gasteiger partial charge is 0.220 e. The third-order valence-electron chi connectivity index (χ3n) is 3.52. The highest BCUT2D eigenvalue weighted by Gasteiger charge is 2.20. The minimum Gasteiger partial charge on any atom is -0.368 e. The van der Waals surface area contributed by atoms with Gasteiger partial charge in [0.05, 0.1) is 5.52 Å². The van der Waals surface area contributed by atoms with Gasteiger partial charge in [-0.1, -0.05) is 18.2 Å². The predicted octanol–water partition coefficient (Wildman–Crippen LogP) is 2.23. The molecule has 1 fully saturated rings. The standard InChI is InChI=1S/C15H17N3O/c1-10-8-11-4-2-3-5-13(11)18-15(10)16-9-12-6-7-14(19)17-12/h2-5,8,12H,6-7,9H2,1H3,(H,16,18)(H,17,19). The highest BCUT2D eigenvalue weighted by molar-refractivity contribution is 5.81. The van der Waals surface area contributed by atoms with Gasteiger partial charge in [0.1, 0.15) is 5.82 Å². The van der Waals surface area contributed by atoms with Crippen molar-refractivity contribution < 1.29 is 4.79 Å². The lowest BCUT2D eigenvalue weighted by molar-refractivity contribution is -0.119. The number of aromatic nitrogens is 1. The maximum atomic E-state index is 11.2. The van der Waals surface area contributed by atoms with Crippen LogP contribution in [0, 0.1) is 6.92 Å². The molecule has 0 radical (unpaired) electrons.